The molecule has 0 atom stereocenters. The Hall–Kier alpha value is -1.23. The Morgan fingerprint density at radius 1 is 0.905 bits per heavy atom. The van der Waals surface area contributed by atoms with Crippen LogP contribution in [0.25, 0.3) is 0 Å². The first kappa shape index (κ1) is 16.1. The largest absolute Gasteiger partial charge is 0.314 e. The summed E-state index contributed by atoms with van der Waals surface area (Å²) in [5.74, 6) is 0.411. The van der Waals surface area contributed by atoms with Gasteiger partial charge in [-0.25, -0.2) is 0 Å². The molecule has 2 fully saturated rings. The summed E-state index contributed by atoms with van der Waals surface area (Å²) < 4.78 is 0. The summed E-state index contributed by atoms with van der Waals surface area (Å²) in [7, 11) is 0. The first-order chi connectivity index (χ1) is 10.2. The number of rotatable bonds is 2. The third kappa shape index (κ3) is 6.38. The molecule has 0 aromatic heterocycles. The molecule has 0 unspecified atom stereocenters. The number of likely N-dealkylation sites (tertiary alicyclic amines) is 1. The first-order valence-electron chi connectivity index (χ1n) is 7.96. The van der Waals surface area contributed by atoms with Gasteiger partial charge in [-0.05, 0) is 18.4 Å². The van der Waals surface area contributed by atoms with Crippen molar-refractivity contribution in [3.8, 4) is 0 Å². The Balaban J connectivity index is 0.000000194. The zero-order valence-corrected chi connectivity index (χ0v) is 12.7. The Morgan fingerprint density at radius 3 is 2.05 bits per heavy atom. The van der Waals surface area contributed by atoms with Gasteiger partial charge < -0.3 is 5.21 Å². The first-order valence-corrected chi connectivity index (χ1v) is 7.96. The van der Waals surface area contributed by atoms with Crippen LogP contribution in [0.2, 0.25) is 0 Å². The topological polar surface area (TPSA) is 43.8 Å². The molecule has 2 aliphatic rings. The lowest BCUT2D eigenvalue weighted by Gasteiger charge is -2.25. The highest BCUT2D eigenvalue weighted by atomic mass is 16.5. The fourth-order valence-electron chi connectivity index (χ4n) is 2.68. The molecule has 2 heterocycles. The van der Waals surface area contributed by atoms with Crippen molar-refractivity contribution < 1.29 is 10.0 Å². The summed E-state index contributed by atoms with van der Waals surface area (Å²) in [4.78, 5) is 13.4. The van der Waals surface area contributed by atoms with Crippen LogP contribution >= 0.6 is 0 Å². The van der Waals surface area contributed by atoms with Gasteiger partial charge in [-0.2, -0.15) is 5.06 Å². The van der Waals surface area contributed by atoms with Gasteiger partial charge in [-0.3, -0.25) is 9.69 Å². The van der Waals surface area contributed by atoms with Gasteiger partial charge in [0.05, 0.1) is 0 Å². The molecule has 1 aromatic carbocycles. The maximum atomic E-state index is 11.0. The molecule has 21 heavy (non-hydrogen) atoms. The highest BCUT2D eigenvalue weighted by Gasteiger charge is 2.15. The number of hydrogen-bond acceptors (Lipinski definition) is 4. The van der Waals surface area contributed by atoms with E-state index in [9.17, 15) is 4.79 Å². The predicted octanol–water partition coefficient (Wildman–Crippen LogP) is 2.71. The maximum Gasteiger partial charge on any atom is 0.135 e. The second kappa shape index (κ2) is 8.93. The molecule has 0 aliphatic carbocycles. The molecule has 2 saturated heterocycles. The minimum absolute atomic E-state index is 0.411. The van der Waals surface area contributed by atoms with Crippen molar-refractivity contribution in [2.75, 3.05) is 26.2 Å². The zero-order chi connectivity index (χ0) is 14.9. The van der Waals surface area contributed by atoms with E-state index < -0.39 is 0 Å². The predicted molar refractivity (Wildman–Crippen MR) is 83.2 cm³/mol. The van der Waals surface area contributed by atoms with Crippen LogP contribution in [0.3, 0.4) is 0 Å². The lowest BCUT2D eigenvalue weighted by Crippen LogP contribution is -2.33. The number of carbonyl (C=O) groups excluding carboxylic acids is 1. The molecule has 116 valence electrons. The van der Waals surface area contributed by atoms with Crippen LogP contribution in [0.4, 0.5) is 0 Å². The molecule has 2 aliphatic heterocycles. The maximum absolute atomic E-state index is 11.0. The van der Waals surface area contributed by atoms with Crippen LogP contribution < -0.4 is 0 Å². The highest BCUT2D eigenvalue weighted by molar-refractivity contribution is 5.79. The van der Waals surface area contributed by atoms with Crippen molar-refractivity contribution in [3.05, 3.63) is 35.9 Å². The fraction of sp³-hybridized carbons (Fsp3) is 0.588. The van der Waals surface area contributed by atoms with E-state index >= 15 is 0 Å². The molecule has 0 saturated carbocycles. The van der Waals surface area contributed by atoms with E-state index in [0.717, 1.165) is 58.4 Å². The van der Waals surface area contributed by atoms with Gasteiger partial charge in [-0.15, -0.1) is 0 Å². The highest BCUT2D eigenvalue weighted by Crippen LogP contribution is 2.10. The van der Waals surface area contributed by atoms with E-state index in [-0.39, 0.29) is 0 Å². The van der Waals surface area contributed by atoms with E-state index in [1.807, 2.05) is 6.07 Å². The Morgan fingerprint density at radius 2 is 1.52 bits per heavy atom. The van der Waals surface area contributed by atoms with Gasteiger partial charge in [-0.1, -0.05) is 36.8 Å². The van der Waals surface area contributed by atoms with Crippen molar-refractivity contribution in [3.63, 3.8) is 0 Å². The lowest BCUT2D eigenvalue weighted by molar-refractivity contribution is -0.121. The van der Waals surface area contributed by atoms with Gasteiger partial charge in [0.2, 0.25) is 0 Å². The average molecular weight is 290 g/mol. The van der Waals surface area contributed by atoms with E-state index in [1.54, 1.807) is 0 Å². The van der Waals surface area contributed by atoms with E-state index in [1.165, 1.54) is 17.0 Å². The molecular formula is C17H26N2O2. The molecule has 4 heteroatoms. The summed E-state index contributed by atoms with van der Waals surface area (Å²) in [6.45, 7) is 4.58. The number of carbonyl (C=O) groups is 1. The monoisotopic (exact) mass is 290 g/mol. The third-order valence-electron chi connectivity index (χ3n) is 4.00. The molecular weight excluding hydrogens is 264 g/mol. The molecule has 1 aromatic rings. The van der Waals surface area contributed by atoms with E-state index in [2.05, 4.69) is 29.2 Å². The number of Topliss-reactive ketones (excluding diaryl/α,β-unsaturated/α-hetero) is 1. The van der Waals surface area contributed by atoms with Gasteiger partial charge in [0, 0.05) is 45.6 Å². The average Bonchev–Trinajstić information content (AvgIpc) is 2.52. The number of piperidine rings is 2. The van der Waals surface area contributed by atoms with Crippen LogP contribution in [0.1, 0.15) is 37.7 Å². The van der Waals surface area contributed by atoms with Crippen LogP contribution in [0.5, 0.6) is 0 Å². The van der Waals surface area contributed by atoms with Crippen molar-refractivity contribution in [1.29, 1.82) is 0 Å². The van der Waals surface area contributed by atoms with Crippen LogP contribution in [-0.4, -0.2) is 47.1 Å². The van der Waals surface area contributed by atoms with E-state index in [0.29, 0.717) is 5.78 Å². The number of ketones is 1. The van der Waals surface area contributed by atoms with Gasteiger partial charge in [0.15, 0.2) is 0 Å². The molecule has 0 spiro atoms. The van der Waals surface area contributed by atoms with Gasteiger partial charge in [0.25, 0.3) is 0 Å². The van der Waals surface area contributed by atoms with Crippen LogP contribution in [0.15, 0.2) is 30.3 Å². The van der Waals surface area contributed by atoms with Crippen LogP contribution in [0, 0.1) is 0 Å². The van der Waals surface area contributed by atoms with Crippen LogP contribution in [-0.2, 0) is 11.3 Å². The summed E-state index contributed by atoms with van der Waals surface area (Å²) in [6.07, 6.45) is 5.07. The minimum atomic E-state index is 0.411. The summed E-state index contributed by atoms with van der Waals surface area (Å²) >= 11 is 0. The molecule has 1 N–H and O–H groups in total. The number of hydroxylamine groups is 2. The van der Waals surface area contributed by atoms with Crippen molar-refractivity contribution in [1.82, 2.24) is 9.96 Å². The van der Waals surface area contributed by atoms with E-state index in [4.69, 9.17) is 5.21 Å². The molecule has 0 amide bonds. The number of nitrogens with zero attached hydrogens (tertiary/aromatic N) is 2. The number of hydrogen-bond donors (Lipinski definition) is 1. The van der Waals surface area contributed by atoms with Crippen molar-refractivity contribution in [2.24, 2.45) is 0 Å². The standard InChI is InChI=1S/C12H15NO.C5H11NO/c14-12-6-8-13(9-7-12)10-11-4-2-1-3-5-11;7-6-4-2-1-3-5-6/h1-5H,6-10H2;7H,1-5H2. The Labute approximate surface area is 127 Å². The van der Waals surface area contributed by atoms with Gasteiger partial charge >= 0.3 is 0 Å². The summed E-state index contributed by atoms with van der Waals surface area (Å²) in [5, 5.41) is 10.1. The zero-order valence-electron chi connectivity index (χ0n) is 12.7. The normalized spacial score (nSPS) is 20.7. The SMILES string of the molecule is O=C1CCN(Cc2ccccc2)CC1.ON1CCCCC1. The third-order valence-corrected chi connectivity index (χ3v) is 4.00. The molecule has 0 radical (unpaired) electrons. The smallest absolute Gasteiger partial charge is 0.135 e. The lowest BCUT2D eigenvalue weighted by atomic mass is 10.1. The van der Waals surface area contributed by atoms with Crippen molar-refractivity contribution >= 4 is 5.78 Å². The quantitative estimate of drug-likeness (QED) is 0.909. The minimum Gasteiger partial charge on any atom is -0.314 e. The Bertz CT molecular complexity index is 406. The Kier molecular flexibility index (Phi) is 6.86. The summed E-state index contributed by atoms with van der Waals surface area (Å²) in [6, 6.07) is 10.4. The number of benzene rings is 1. The van der Waals surface area contributed by atoms with Crippen molar-refractivity contribution in [2.45, 2.75) is 38.6 Å². The summed E-state index contributed by atoms with van der Waals surface area (Å²) in [5.41, 5.74) is 1.34. The molecule has 4 nitrogen and oxygen atoms in total. The molecule has 0 bridgehead atoms. The second-order valence-corrected chi connectivity index (χ2v) is 5.81. The van der Waals surface area contributed by atoms with Gasteiger partial charge in [0.1, 0.15) is 5.78 Å². The second-order valence-electron chi connectivity index (χ2n) is 5.81. The fourth-order valence-corrected chi connectivity index (χ4v) is 2.68. The molecule has 3 rings (SSSR count).